The van der Waals surface area contributed by atoms with Crippen molar-refractivity contribution in [1.82, 2.24) is 15.1 Å². The Bertz CT molecular complexity index is 728. The number of rotatable bonds is 8. The van der Waals surface area contributed by atoms with Gasteiger partial charge in [0.25, 0.3) is 0 Å². The molecule has 0 aromatic heterocycles. The van der Waals surface area contributed by atoms with Crippen LogP contribution in [0.2, 0.25) is 0 Å². The van der Waals surface area contributed by atoms with Gasteiger partial charge in [0, 0.05) is 39.0 Å². The van der Waals surface area contributed by atoms with Crippen LogP contribution in [0.5, 0.6) is 0 Å². The molecule has 1 aromatic carbocycles. The molecule has 5 nitrogen and oxygen atoms in total. The number of piperidine rings is 2. The lowest BCUT2D eigenvalue weighted by Crippen LogP contribution is -2.48. The summed E-state index contributed by atoms with van der Waals surface area (Å²) in [5, 5.41) is 3.05. The van der Waals surface area contributed by atoms with Crippen molar-refractivity contribution in [2.75, 3.05) is 32.7 Å². The Morgan fingerprint density at radius 1 is 0.871 bits per heavy atom. The molecule has 0 atom stereocenters. The first-order valence-corrected chi connectivity index (χ1v) is 12.4. The van der Waals surface area contributed by atoms with Gasteiger partial charge in [0.2, 0.25) is 11.8 Å². The number of benzene rings is 1. The summed E-state index contributed by atoms with van der Waals surface area (Å²) in [6, 6.07) is 9.61. The molecule has 5 heteroatoms. The first kappa shape index (κ1) is 22.3. The van der Waals surface area contributed by atoms with Gasteiger partial charge in [0.05, 0.1) is 0 Å². The van der Waals surface area contributed by atoms with Crippen LogP contribution in [0.1, 0.15) is 63.0 Å². The number of hydrogen-bond donors (Lipinski definition) is 1. The molecule has 1 aliphatic carbocycles. The first-order chi connectivity index (χ1) is 15.1. The Balaban J connectivity index is 1.14. The molecule has 0 unspecified atom stereocenters. The second kappa shape index (κ2) is 10.6. The molecule has 1 aromatic rings. The molecule has 2 heterocycles. The van der Waals surface area contributed by atoms with Gasteiger partial charge >= 0.3 is 0 Å². The summed E-state index contributed by atoms with van der Waals surface area (Å²) < 4.78 is 0. The topological polar surface area (TPSA) is 52.7 Å². The maximum atomic E-state index is 11.9. The average molecular weight is 426 g/mol. The smallest absolute Gasteiger partial charge is 0.220 e. The Morgan fingerprint density at radius 2 is 1.52 bits per heavy atom. The maximum Gasteiger partial charge on any atom is 0.220 e. The number of nitrogens with zero attached hydrogens (tertiary/aromatic N) is 2. The van der Waals surface area contributed by atoms with E-state index in [2.05, 4.69) is 34.5 Å². The summed E-state index contributed by atoms with van der Waals surface area (Å²) in [6.45, 7) is 6.80. The van der Waals surface area contributed by atoms with Crippen LogP contribution in [0.15, 0.2) is 24.3 Å². The summed E-state index contributed by atoms with van der Waals surface area (Å²) in [4.78, 5) is 28.1. The van der Waals surface area contributed by atoms with E-state index in [-0.39, 0.29) is 11.8 Å². The van der Waals surface area contributed by atoms with E-state index in [9.17, 15) is 9.59 Å². The predicted molar refractivity (Wildman–Crippen MR) is 124 cm³/mol. The van der Waals surface area contributed by atoms with Crippen molar-refractivity contribution < 1.29 is 9.59 Å². The molecule has 2 amide bonds. The first-order valence-electron chi connectivity index (χ1n) is 12.4. The van der Waals surface area contributed by atoms with E-state index in [1.165, 1.54) is 56.3 Å². The van der Waals surface area contributed by atoms with E-state index in [4.69, 9.17) is 0 Å². The predicted octanol–water partition coefficient (Wildman–Crippen LogP) is 3.41. The number of nitrogens with one attached hydrogen (secondary N) is 1. The molecule has 2 saturated heterocycles. The number of likely N-dealkylation sites (tertiary alicyclic amines) is 2. The van der Waals surface area contributed by atoms with E-state index in [0.29, 0.717) is 12.5 Å². The van der Waals surface area contributed by atoms with E-state index in [1.54, 1.807) is 6.92 Å². The lowest BCUT2D eigenvalue weighted by Gasteiger charge is -2.41. The molecule has 2 aliphatic heterocycles. The average Bonchev–Trinajstić information content (AvgIpc) is 3.62. The Hall–Kier alpha value is -1.88. The quantitative estimate of drug-likeness (QED) is 0.694. The standard InChI is InChI=1S/C26H39N3O2/c1-20(30)28-16-12-25(13-17-28)29-14-10-23(11-15-29)18-22-4-2-21(3-5-22)8-9-26(31)27-19-24-6-7-24/h2-5,23-25H,6-19H2,1H3,(H,27,31). The van der Waals surface area contributed by atoms with Crippen LogP contribution in [0.3, 0.4) is 0 Å². The molecule has 170 valence electrons. The van der Waals surface area contributed by atoms with Gasteiger partial charge in [0.1, 0.15) is 0 Å². The zero-order valence-corrected chi connectivity index (χ0v) is 19.2. The van der Waals surface area contributed by atoms with E-state index in [0.717, 1.165) is 50.7 Å². The normalized spacial score (nSPS) is 21.3. The minimum Gasteiger partial charge on any atom is -0.356 e. The number of hydrogen-bond acceptors (Lipinski definition) is 3. The van der Waals surface area contributed by atoms with Crippen LogP contribution < -0.4 is 5.32 Å². The van der Waals surface area contributed by atoms with Crippen LogP contribution in [-0.2, 0) is 22.4 Å². The van der Waals surface area contributed by atoms with Gasteiger partial charge < -0.3 is 15.1 Å². The Labute approximate surface area is 187 Å². The Kier molecular flexibility index (Phi) is 7.65. The Morgan fingerprint density at radius 3 is 2.13 bits per heavy atom. The number of carbonyl (C=O) groups is 2. The van der Waals surface area contributed by atoms with Gasteiger partial charge in [-0.05, 0) is 87.4 Å². The molecule has 3 aliphatic rings. The fourth-order valence-electron chi connectivity index (χ4n) is 5.17. The number of carbonyl (C=O) groups excluding carboxylic acids is 2. The van der Waals surface area contributed by atoms with Crippen molar-refractivity contribution in [2.45, 2.75) is 70.8 Å². The molecule has 1 N–H and O–H groups in total. The van der Waals surface area contributed by atoms with Gasteiger partial charge in [-0.15, -0.1) is 0 Å². The van der Waals surface area contributed by atoms with Crippen molar-refractivity contribution in [3.8, 4) is 0 Å². The monoisotopic (exact) mass is 425 g/mol. The molecular weight excluding hydrogens is 386 g/mol. The fraction of sp³-hybridized carbons (Fsp3) is 0.692. The second-order valence-electron chi connectivity index (χ2n) is 9.98. The zero-order chi connectivity index (χ0) is 21.6. The van der Waals surface area contributed by atoms with E-state index >= 15 is 0 Å². The van der Waals surface area contributed by atoms with Crippen LogP contribution in [0, 0.1) is 11.8 Å². The van der Waals surface area contributed by atoms with Crippen LogP contribution in [-0.4, -0.2) is 60.4 Å². The SMILES string of the molecule is CC(=O)N1CCC(N2CCC(Cc3ccc(CCC(=O)NCC4CC4)cc3)CC2)CC1. The third-order valence-electron chi connectivity index (χ3n) is 7.55. The van der Waals surface area contributed by atoms with E-state index in [1.807, 2.05) is 4.90 Å². The molecule has 1 saturated carbocycles. The van der Waals surface area contributed by atoms with Crippen LogP contribution in [0.4, 0.5) is 0 Å². The zero-order valence-electron chi connectivity index (χ0n) is 19.2. The van der Waals surface area contributed by atoms with Crippen molar-refractivity contribution in [1.29, 1.82) is 0 Å². The number of aryl methyl sites for hydroxylation is 1. The van der Waals surface area contributed by atoms with Crippen molar-refractivity contribution in [3.05, 3.63) is 35.4 Å². The summed E-state index contributed by atoms with van der Waals surface area (Å²) in [7, 11) is 0. The minimum absolute atomic E-state index is 0.190. The second-order valence-corrected chi connectivity index (χ2v) is 9.98. The third kappa shape index (κ3) is 6.80. The highest BCUT2D eigenvalue weighted by molar-refractivity contribution is 5.76. The van der Waals surface area contributed by atoms with Gasteiger partial charge in [0.15, 0.2) is 0 Å². The highest BCUT2D eigenvalue weighted by Crippen LogP contribution is 2.28. The van der Waals surface area contributed by atoms with Gasteiger partial charge in [-0.2, -0.15) is 0 Å². The summed E-state index contributed by atoms with van der Waals surface area (Å²) in [5.74, 6) is 1.93. The lowest BCUT2D eigenvalue weighted by molar-refractivity contribution is -0.130. The molecule has 4 rings (SSSR count). The van der Waals surface area contributed by atoms with Crippen LogP contribution in [0.25, 0.3) is 0 Å². The fourth-order valence-corrected chi connectivity index (χ4v) is 5.17. The summed E-state index contributed by atoms with van der Waals surface area (Å²) in [6.07, 6.45) is 9.95. The van der Waals surface area contributed by atoms with Crippen molar-refractivity contribution in [2.24, 2.45) is 11.8 Å². The molecule has 0 radical (unpaired) electrons. The summed E-state index contributed by atoms with van der Waals surface area (Å²) in [5.41, 5.74) is 2.69. The summed E-state index contributed by atoms with van der Waals surface area (Å²) >= 11 is 0. The lowest BCUT2D eigenvalue weighted by atomic mass is 9.88. The largest absolute Gasteiger partial charge is 0.356 e. The molecule has 31 heavy (non-hydrogen) atoms. The number of amides is 2. The van der Waals surface area contributed by atoms with Gasteiger partial charge in [-0.25, -0.2) is 0 Å². The van der Waals surface area contributed by atoms with E-state index < -0.39 is 0 Å². The minimum atomic E-state index is 0.190. The molecule has 3 fully saturated rings. The highest BCUT2D eigenvalue weighted by atomic mass is 16.2. The molecule has 0 bridgehead atoms. The third-order valence-corrected chi connectivity index (χ3v) is 7.55. The molecule has 0 spiro atoms. The van der Waals surface area contributed by atoms with Crippen LogP contribution >= 0.6 is 0 Å². The highest BCUT2D eigenvalue weighted by Gasteiger charge is 2.28. The van der Waals surface area contributed by atoms with Gasteiger partial charge in [-0.3, -0.25) is 9.59 Å². The van der Waals surface area contributed by atoms with Crippen molar-refractivity contribution >= 4 is 11.8 Å². The van der Waals surface area contributed by atoms with Crippen molar-refractivity contribution in [3.63, 3.8) is 0 Å². The van der Waals surface area contributed by atoms with Gasteiger partial charge in [-0.1, -0.05) is 24.3 Å². The maximum absolute atomic E-state index is 11.9. The molecular formula is C26H39N3O2.